The minimum absolute atomic E-state index is 0. The van der Waals surface area contributed by atoms with Crippen LogP contribution < -0.4 is 15.9 Å². The molecule has 0 spiro atoms. The summed E-state index contributed by atoms with van der Waals surface area (Å²) < 4.78 is 40.7. The number of benzene rings is 1. The molecule has 0 saturated carbocycles. The van der Waals surface area contributed by atoms with Crippen molar-refractivity contribution in [1.82, 2.24) is 15.1 Å². The van der Waals surface area contributed by atoms with Crippen molar-refractivity contribution in [3.63, 3.8) is 0 Å². The van der Waals surface area contributed by atoms with Gasteiger partial charge in [-0.05, 0) is 55.5 Å². The summed E-state index contributed by atoms with van der Waals surface area (Å²) >= 11 is 4.90. The number of nitrogens with zero attached hydrogens (tertiary/aromatic N) is 4. The van der Waals surface area contributed by atoms with Crippen LogP contribution in [0.3, 0.4) is 0 Å². The molecular weight excluding hydrogens is 611 g/mol. The number of halogens is 3. The Kier molecular flexibility index (Phi) is 14.7. The molecule has 4 amide bonds. The Labute approximate surface area is 249 Å². The van der Waals surface area contributed by atoms with Crippen LogP contribution in [0.25, 0.3) is 5.73 Å². The maximum Gasteiger partial charge on any atom is 2.00 e. The molecule has 222 valence electrons. The minimum Gasteiger partial charge on any atom is -0.763 e. The summed E-state index contributed by atoms with van der Waals surface area (Å²) in [6, 6.07) is 8.59. The molecule has 1 fully saturated rings. The Morgan fingerprint density at radius 2 is 1.80 bits per heavy atom. The van der Waals surface area contributed by atoms with Crippen LogP contribution in [0.15, 0.2) is 41.5 Å². The standard InChI is InChI=1S/C18H20F3N5O2S.C6H8N2O3.Fe/c19-18(20,21)28-14-6-3-4-12(10-14)11-16(27)23-15-9-8-13(25-26-15)5-1-2-7-17(29)24-22;7-4(9)3-8-5(10)1-2-6(8)11;/h3-4,6,8-10H,1-2,5,7,11,22H2,(H,24,29)(H,23,26,27);1-3H2,(H2,7,9);/q;;+2/p-2. The predicted molar refractivity (Wildman–Crippen MR) is 139 cm³/mol. The summed E-state index contributed by atoms with van der Waals surface area (Å²) in [5, 5.41) is 14.4. The van der Waals surface area contributed by atoms with E-state index in [0.29, 0.717) is 23.4 Å². The van der Waals surface area contributed by atoms with E-state index in [2.05, 4.69) is 25.4 Å². The van der Waals surface area contributed by atoms with Gasteiger partial charge in [0.1, 0.15) is 5.75 Å². The number of carbonyl (C=O) groups is 4. The molecule has 1 aromatic carbocycles. The molecule has 1 aliphatic rings. The van der Waals surface area contributed by atoms with Crippen LogP contribution in [0.5, 0.6) is 5.75 Å². The van der Waals surface area contributed by atoms with Crippen LogP contribution in [0.1, 0.15) is 43.4 Å². The van der Waals surface area contributed by atoms with Crippen molar-refractivity contribution >= 4 is 47.1 Å². The number of aryl methyl sites for hydroxylation is 1. The summed E-state index contributed by atoms with van der Waals surface area (Å²) in [5.41, 5.74) is 7.67. The molecular formula is C24H26F3FeN7O5S. The van der Waals surface area contributed by atoms with Gasteiger partial charge in [0.05, 0.1) is 24.6 Å². The number of ether oxygens (including phenoxy) is 1. The van der Waals surface area contributed by atoms with Crippen molar-refractivity contribution < 1.29 is 54.2 Å². The average Bonchev–Trinajstić information content (AvgIpc) is 3.18. The van der Waals surface area contributed by atoms with E-state index in [1.165, 1.54) is 12.1 Å². The zero-order valence-electron chi connectivity index (χ0n) is 21.4. The third kappa shape index (κ3) is 13.9. The second-order valence-corrected chi connectivity index (χ2v) is 8.83. The number of amides is 4. The van der Waals surface area contributed by atoms with Crippen molar-refractivity contribution in [3.05, 3.63) is 53.4 Å². The van der Waals surface area contributed by atoms with Gasteiger partial charge in [-0.3, -0.25) is 19.3 Å². The van der Waals surface area contributed by atoms with E-state index in [1.54, 1.807) is 12.1 Å². The zero-order chi connectivity index (χ0) is 29.7. The van der Waals surface area contributed by atoms with Crippen molar-refractivity contribution in [2.45, 2.75) is 51.3 Å². The third-order valence-electron chi connectivity index (χ3n) is 5.16. The molecule has 1 aromatic heterocycles. The van der Waals surface area contributed by atoms with E-state index in [1.807, 2.05) is 0 Å². The van der Waals surface area contributed by atoms with Gasteiger partial charge in [0, 0.05) is 12.8 Å². The van der Waals surface area contributed by atoms with E-state index >= 15 is 0 Å². The van der Waals surface area contributed by atoms with Gasteiger partial charge in [0.2, 0.25) is 17.7 Å². The number of likely N-dealkylation sites (tertiary alicyclic amines) is 1. The van der Waals surface area contributed by atoms with Crippen LogP contribution in [0.4, 0.5) is 19.0 Å². The Balaban J connectivity index is 0.000000588. The number of hydrazone groups is 1. The number of rotatable bonds is 11. The quantitative estimate of drug-likeness (QED) is 0.0547. The summed E-state index contributed by atoms with van der Waals surface area (Å²) in [7, 11) is 0. The number of alkyl halides is 3. The average molecular weight is 637 g/mol. The molecule has 1 aliphatic heterocycles. The van der Waals surface area contributed by atoms with Crippen LogP contribution in [0, 0.1) is 0 Å². The Morgan fingerprint density at radius 3 is 2.37 bits per heavy atom. The number of nitrogens with one attached hydrogen (secondary N) is 2. The number of imide groups is 1. The second kappa shape index (κ2) is 17.1. The molecule has 0 bridgehead atoms. The SMILES string of the molecule is N/N=C(\[S-])CCCCc1ccc(NC(=O)Cc2cccc(OC(F)(F)F)c2)nn1.[Fe+2].[NH-]C(=O)CN1C(=O)CCC1=O. The van der Waals surface area contributed by atoms with Gasteiger partial charge >= 0.3 is 23.4 Å². The van der Waals surface area contributed by atoms with E-state index in [-0.39, 0.29) is 59.7 Å². The van der Waals surface area contributed by atoms with Crippen molar-refractivity contribution in [2.75, 3.05) is 11.9 Å². The summed E-state index contributed by atoms with van der Waals surface area (Å²) in [4.78, 5) is 44.7. The number of aromatic nitrogens is 2. The van der Waals surface area contributed by atoms with Crippen LogP contribution in [-0.2, 0) is 61.7 Å². The van der Waals surface area contributed by atoms with Crippen molar-refractivity contribution in [3.8, 4) is 5.75 Å². The summed E-state index contributed by atoms with van der Waals surface area (Å²) in [5.74, 6) is 2.90. The molecule has 4 N–H and O–H groups in total. The molecule has 0 atom stereocenters. The van der Waals surface area contributed by atoms with Gasteiger partial charge in [0.15, 0.2) is 5.82 Å². The van der Waals surface area contributed by atoms with Crippen LogP contribution >= 0.6 is 0 Å². The van der Waals surface area contributed by atoms with Crippen LogP contribution in [0.2, 0.25) is 0 Å². The first-order chi connectivity index (χ1) is 18.9. The maximum atomic E-state index is 12.3. The number of anilines is 1. The first-order valence-electron chi connectivity index (χ1n) is 11.8. The third-order valence-corrected chi connectivity index (χ3v) is 5.47. The Bertz CT molecular complexity index is 1220. The molecule has 3 rings (SSSR count). The zero-order valence-corrected chi connectivity index (χ0v) is 23.3. The van der Waals surface area contributed by atoms with Gasteiger partial charge in [-0.1, -0.05) is 17.2 Å². The van der Waals surface area contributed by atoms with Crippen LogP contribution in [-0.4, -0.2) is 56.7 Å². The Morgan fingerprint density at radius 1 is 1.12 bits per heavy atom. The predicted octanol–water partition coefficient (Wildman–Crippen LogP) is 2.80. The fraction of sp³-hybridized carbons (Fsp3) is 0.375. The van der Waals surface area contributed by atoms with Crippen molar-refractivity contribution in [1.29, 1.82) is 0 Å². The van der Waals surface area contributed by atoms with Gasteiger partial charge in [-0.25, -0.2) is 5.10 Å². The smallest absolute Gasteiger partial charge is 0.763 e. The van der Waals surface area contributed by atoms with E-state index in [9.17, 15) is 32.3 Å². The summed E-state index contributed by atoms with van der Waals surface area (Å²) in [6.07, 6.45) is -1.57. The van der Waals surface area contributed by atoms with E-state index in [0.717, 1.165) is 35.6 Å². The first kappa shape index (κ1) is 35.2. The van der Waals surface area contributed by atoms with Gasteiger partial charge in [-0.2, -0.15) is 5.10 Å². The molecule has 12 nitrogen and oxygen atoms in total. The molecule has 0 aliphatic carbocycles. The minimum atomic E-state index is -4.79. The fourth-order valence-corrected chi connectivity index (χ4v) is 3.52. The molecule has 2 heterocycles. The molecule has 41 heavy (non-hydrogen) atoms. The molecule has 0 radical (unpaired) electrons. The molecule has 0 unspecified atom stereocenters. The molecule has 2 aromatic rings. The Hall–Kier alpha value is -3.82. The normalized spacial score (nSPS) is 13.1. The van der Waals surface area contributed by atoms with E-state index < -0.39 is 24.7 Å². The number of unbranched alkanes of at least 4 members (excludes halogenated alkanes) is 1. The number of nitrogens with two attached hydrogens (primary N) is 1. The van der Waals surface area contributed by atoms with Gasteiger partial charge < -0.3 is 39.1 Å². The maximum absolute atomic E-state index is 12.3. The first-order valence-corrected chi connectivity index (χ1v) is 12.3. The number of hydrogen-bond acceptors (Lipinski definition) is 10. The molecule has 17 heteroatoms. The van der Waals surface area contributed by atoms with Gasteiger partial charge in [0.25, 0.3) is 0 Å². The van der Waals surface area contributed by atoms with E-state index in [4.69, 9.17) is 24.2 Å². The van der Waals surface area contributed by atoms with Gasteiger partial charge in [-0.15, -0.1) is 18.3 Å². The topological polar surface area (TPSA) is 181 Å². The van der Waals surface area contributed by atoms with Crippen molar-refractivity contribution in [2.24, 2.45) is 10.9 Å². The number of carbonyl (C=O) groups excluding carboxylic acids is 4. The second-order valence-electron chi connectivity index (χ2n) is 8.36. The number of hydrogen-bond donors (Lipinski definition) is 2. The fourth-order valence-electron chi connectivity index (χ4n) is 3.37. The molecule has 1 saturated heterocycles. The largest absolute Gasteiger partial charge is 2.00 e. The summed E-state index contributed by atoms with van der Waals surface area (Å²) in [6.45, 7) is -0.391. The monoisotopic (exact) mass is 637 g/mol.